The Labute approximate surface area is 114 Å². The highest BCUT2D eigenvalue weighted by molar-refractivity contribution is 7.92. The van der Waals surface area contributed by atoms with Gasteiger partial charge in [0.2, 0.25) is 0 Å². The number of hydrogen-bond acceptors (Lipinski definition) is 2. The van der Waals surface area contributed by atoms with Crippen molar-refractivity contribution in [2.45, 2.75) is 35.0 Å². The van der Waals surface area contributed by atoms with Crippen LogP contribution in [0.2, 0.25) is 0 Å². The van der Waals surface area contributed by atoms with Gasteiger partial charge in [0.1, 0.15) is 0 Å². The van der Waals surface area contributed by atoms with Crippen molar-refractivity contribution in [2.75, 3.05) is 0 Å². The van der Waals surface area contributed by atoms with Gasteiger partial charge in [-0.15, -0.1) is 11.6 Å². The van der Waals surface area contributed by atoms with Crippen LogP contribution in [-0.4, -0.2) is 19.3 Å². The first-order valence-electron chi connectivity index (χ1n) is 5.76. The first kappa shape index (κ1) is 14.7. The van der Waals surface area contributed by atoms with Crippen LogP contribution in [0.4, 0.5) is 13.2 Å². The van der Waals surface area contributed by atoms with Gasteiger partial charge >= 0.3 is 5.51 Å². The molecular weight excluding hydrogens is 301 g/mol. The first-order chi connectivity index (χ1) is 8.72. The molecule has 2 nitrogen and oxygen atoms in total. The Hall–Kier alpha value is -0.750. The van der Waals surface area contributed by atoms with Gasteiger partial charge in [0.15, 0.2) is 0 Å². The molecule has 0 radical (unpaired) electrons. The molecular formula is C12H12ClF3O2S. The van der Waals surface area contributed by atoms with E-state index in [0.717, 1.165) is 30.5 Å². The third-order valence-corrected chi connectivity index (χ3v) is 5.12. The number of hydrogen-bond donors (Lipinski definition) is 0. The average Bonchev–Trinajstić information content (AvgIpc) is 3.11. The van der Waals surface area contributed by atoms with Crippen LogP contribution in [0, 0.1) is 5.92 Å². The molecule has 7 heteroatoms. The fraction of sp³-hybridized carbons (Fsp3) is 0.500. The summed E-state index contributed by atoms with van der Waals surface area (Å²) in [5, 5.41) is -0.0370. The minimum absolute atomic E-state index is 0.0370. The summed E-state index contributed by atoms with van der Waals surface area (Å²) in [4.78, 5) is -0.735. The van der Waals surface area contributed by atoms with Gasteiger partial charge in [-0.1, -0.05) is 12.1 Å². The van der Waals surface area contributed by atoms with Crippen LogP contribution >= 0.6 is 11.6 Å². The average molecular weight is 313 g/mol. The summed E-state index contributed by atoms with van der Waals surface area (Å²) in [7, 11) is -5.26. The van der Waals surface area contributed by atoms with Crippen molar-refractivity contribution >= 4 is 21.4 Å². The molecule has 1 aliphatic carbocycles. The molecule has 1 aromatic rings. The predicted octanol–water partition coefficient (Wildman–Crippen LogP) is 3.54. The topological polar surface area (TPSA) is 34.1 Å². The van der Waals surface area contributed by atoms with Crippen molar-refractivity contribution in [3.05, 3.63) is 29.8 Å². The number of sulfone groups is 1. The van der Waals surface area contributed by atoms with Gasteiger partial charge in [-0.3, -0.25) is 0 Å². The van der Waals surface area contributed by atoms with Crippen molar-refractivity contribution in [1.82, 2.24) is 0 Å². The molecule has 0 heterocycles. The highest BCUT2D eigenvalue weighted by atomic mass is 35.5. The van der Waals surface area contributed by atoms with Crippen molar-refractivity contribution in [3.63, 3.8) is 0 Å². The van der Waals surface area contributed by atoms with Crippen LogP contribution in [-0.2, 0) is 16.3 Å². The van der Waals surface area contributed by atoms with E-state index in [2.05, 4.69) is 0 Å². The molecule has 1 aliphatic rings. The lowest BCUT2D eigenvalue weighted by Gasteiger charge is -2.10. The van der Waals surface area contributed by atoms with E-state index in [0.29, 0.717) is 12.3 Å². The maximum atomic E-state index is 12.3. The highest BCUT2D eigenvalue weighted by Crippen LogP contribution is 2.37. The van der Waals surface area contributed by atoms with Crippen LogP contribution in [0.3, 0.4) is 0 Å². The van der Waals surface area contributed by atoms with Gasteiger partial charge < -0.3 is 0 Å². The number of alkyl halides is 4. The van der Waals surface area contributed by atoms with E-state index in [9.17, 15) is 21.6 Å². The molecule has 106 valence electrons. The van der Waals surface area contributed by atoms with E-state index >= 15 is 0 Å². The molecule has 0 aromatic heterocycles. The second-order valence-corrected chi connectivity index (χ2v) is 7.15. The summed E-state index contributed by atoms with van der Waals surface area (Å²) in [5.41, 5.74) is -4.52. The Kier molecular flexibility index (Phi) is 3.84. The maximum Gasteiger partial charge on any atom is 0.501 e. The Bertz CT molecular complexity index is 547. The normalized spacial score (nSPS) is 18.3. The minimum Gasteiger partial charge on any atom is -0.214 e. The van der Waals surface area contributed by atoms with Gasteiger partial charge in [0.25, 0.3) is 9.84 Å². The Balaban J connectivity index is 2.14. The number of halogens is 4. The van der Waals surface area contributed by atoms with Crippen molar-refractivity contribution < 1.29 is 21.6 Å². The molecule has 1 atom stereocenters. The van der Waals surface area contributed by atoms with E-state index in [1.54, 1.807) is 0 Å². The fourth-order valence-corrected chi connectivity index (χ4v) is 2.98. The zero-order valence-corrected chi connectivity index (χ0v) is 11.4. The van der Waals surface area contributed by atoms with Crippen LogP contribution in [0.5, 0.6) is 0 Å². The molecule has 19 heavy (non-hydrogen) atoms. The third kappa shape index (κ3) is 3.23. The van der Waals surface area contributed by atoms with Crippen molar-refractivity contribution in [2.24, 2.45) is 5.92 Å². The summed E-state index contributed by atoms with van der Waals surface area (Å²) in [5.74, 6) is 0.472. The Morgan fingerprint density at radius 3 is 2.16 bits per heavy atom. The van der Waals surface area contributed by atoms with Gasteiger partial charge in [-0.25, -0.2) is 8.42 Å². The van der Waals surface area contributed by atoms with Crippen LogP contribution < -0.4 is 0 Å². The van der Waals surface area contributed by atoms with Gasteiger partial charge in [0, 0.05) is 5.38 Å². The molecule has 1 aromatic carbocycles. The molecule has 1 unspecified atom stereocenters. The second kappa shape index (κ2) is 4.98. The Morgan fingerprint density at radius 2 is 1.74 bits per heavy atom. The molecule has 0 bridgehead atoms. The molecule has 1 saturated carbocycles. The van der Waals surface area contributed by atoms with Crippen LogP contribution in [0.25, 0.3) is 0 Å². The summed E-state index contributed by atoms with van der Waals surface area (Å²) in [6.45, 7) is 0. The lowest BCUT2D eigenvalue weighted by Crippen LogP contribution is -2.23. The first-order valence-corrected chi connectivity index (χ1v) is 7.68. The van der Waals surface area contributed by atoms with E-state index in [-0.39, 0.29) is 5.38 Å². The lowest BCUT2D eigenvalue weighted by molar-refractivity contribution is -0.0436. The van der Waals surface area contributed by atoms with Gasteiger partial charge in [-0.2, -0.15) is 13.2 Å². The van der Waals surface area contributed by atoms with Crippen LogP contribution in [0.15, 0.2) is 29.2 Å². The molecule has 1 fully saturated rings. The number of benzene rings is 1. The summed E-state index contributed by atoms with van der Waals surface area (Å²) >= 11 is 6.12. The molecule has 0 amide bonds. The molecule has 0 spiro atoms. The third-order valence-electron chi connectivity index (χ3n) is 3.10. The highest BCUT2D eigenvalue weighted by Gasteiger charge is 2.46. The largest absolute Gasteiger partial charge is 0.501 e. The van der Waals surface area contributed by atoms with Crippen molar-refractivity contribution in [3.8, 4) is 0 Å². The lowest BCUT2D eigenvalue weighted by atomic mass is 10.1. The quantitative estimate of drug-likeness (QED) is 0.797. The number of rotatable bonds is 4. The van der Waals surface area contributed by atoms with E-state index < -0.39 is 20.2 Å². The predicted molar refractivity (Wildman–Crippen MR) is 65.8 cm³/mol. The smallest absolute Gasteiger partial charge is 0.214 e. The minimum atomic E-state index is -5.27. The summed E-state index contributed by atoms with van der Waals surface area (Å²) < 4.78 is 59.3. The van der Waals surface area contributed by atoms with E-state index in [1.165, 1.54) is 12.1 Å². The van der Waals surface area contributed by atoms with Crippen molar-refractivity contribution in [1.29, 1.82) is 0 Å². The van der Waals surface area contributed by atoms with E-state index in [1.807, 2.05) is 0 Å². The zero-order valence-electron chi connectivity index (χ0n) is 9.82. The standard InChI is InChI=1S/C12H12ClF3O2S/c13-11(9-3-4-9)7-8-1-5-10(6-2-8)19(17,18)12(14,15)16/h1-2,5-6,9,11H,3-4,7H2. The fourth-order valence-electron chi connectivity index (χ4n) is 1.79. The molecule has 0 N–H and O–H groups in total. The maximum absolute atomic E-state index is 12.3. The monoisotopic (exact) mass is 312 g/mol. The summed E-state index contributed by atoms with van der Waals surface area (Å²) in [6.07, 6.45) is 2.70. The zero-order chi connectivity index (χ0) is 14.3. The molecule has 2 rings (SSSR count). The van der Waals surface area contributed by atoms with E-state index in [4.69, 9.17) is 11.6 Å². The van der Waals surface area contributed by atoms with Crippen LogP contribution in [0.1, 0.15) is 18.4 Å². The van der Waals surface area contributed by atoms with Gasteiger partial charge in [0.05, 0.1) is 4.90 Å². The SMILES string of the molecule is O=S(=O)(c1ccc(CC(Cl)C2CC2)cc1)C(F)(F)F. The molecule has 0 aliphatic heterocycles. The summed E-state index contributed by atoms with van der Waals surface area (Å²) in [6, 6.07) is 4.73. The molecule has 0 saturated heterocycles. The van der Waals surface area contributed by atoms with Gasteiger partial charge in [-0.05, 0) is 42.9 Å². The Morgan fingerprint density at radius 1 is 1.21 bits per heavy atom. The second-order valence-electron chi connectivity index (χ2n) is 4.65.